The van der Waals surface area contributed by atoms with Crippen molar-refractivity contribution in [2.24, 2.45) is 23.3 Å². The Bertz CT molecular complexity index is 1310. The summed E-state index contributed by atoms with van der Waals surface area (Å²) in [6.07, 6.45) is 4.25. The van der Waals surface area contributed by atoms with Crippen LogP contribution in [0.4, 0.5) is 0 Å². The molecule has 14 N–H and O–H groups in total. The van der Waals surface area contributed by atoms with Gasteiger partial charge in [-0.3, -0.25) is 28.8 Å². The molecule has 0 aliphatic carbocycles. The van der Waals surface area contributed by atoms with Gasteiger partial charge in [-0.2, -0.15) is 0 Å². The Kier molecular flexibility index (Phi) is 20.7. The Morgan fingerprint density at radius 2 is 1.25 bits per heavy atom. The fourth-order valence-electron chi connectivity index (χ4n) is 4.90. The van der Waals surface area contributed by atoms with Crippen molar-refractivity contribution in [1.29, 1.82) is 0 Å². The number of amides is 6. The van der Waals surface area contributed by atoms with E-state index in [9.17, 15) is 48.9 Å². The lowest BCUT2D eigenvalue weighted by atomic mass is 10.0. The number of nitrogens with two attached hydrogens (primary N) is 2. The molecular formula is C32H56N10O10. The molecule has 20 heteroatoms. The highest BCUT2D eigenvalue weighted by Crippen LogP contribution is 2.09. The minimum absolute atomic E-state index is 0.0188. The molecule has 20 nitrogen and oxygen atoms in total. The Balaban J connectivity index is 2.96. The molecule has 1 aromatic heterocycles. The number of nitrogens with zero attached hydrogens (tertiary/aromatic N) is 1. The van der Waals surface area contributed by atoms with Crippen LogP contribution in [0.1, 0.15) is 65.5 Å². The van der Waals surface area contributed by atoms with E-state index in [-0.39, 0.29) is 37.5 Å². The van der Waals surface area contributed by atoms with Gasteiger partial charge < -0.3 is 63.7 Å². The van der Waals surface area contributed by atoms with E-state index in [0.717, 1.165) is 0 Å². The number of rotatable bonds is 25. The molecule has 0 unspecified atom stereocenters. The number of nitrogens with one attached hydrogen (secondary N) is 7. The molecule has 0 saturated heterocycles. The normalized spacial score (nSPS) is 14.7. The molecule has 6 amide bonds. The van der Waals surface area contributed by atoms with Crippen molar-refractivity contribution in [3.8, 4) is 0 Å². The lowest BCUT2D eigenvalue weighted by molar-refractivity contribution is -0.142. The lowest BCUT2D eigenvalue weighted by Crippen LogP contribution is -2.60. The number of carbonyl (C=O) groups is 7. The van der Waals surface area contributed by atoms with Crippen molar-refractivity contribution >= 4 is 41.4 Å². The van der Waals surface area contributed by atoms with Crippen LogP contribution in [-0.2, 0) is 40.0 Å². The van der Waals surface area contributed by atoms with Crippen LogP contribution in [0.3, 0.4) is 0 Å². The number of imidazole rings is 1. The smallest absolute Gasteiger partial charge is 0.326 e. The van der Waals surface area contributed by atoms with Crippen molar-refractivity contribution in [1.82, 2.24) is 41.9 Å². The first kappa shape index (κ1) is 45.4. The number of H-pyrrole nitrogens is 1. The Morgan fingerprint density at radius 3 is 1.75 bits per heavy atom. The molecule has 294 valence electrons. The topological polar surface area (TPSA) is 333 Å². The molecule has 52 heavy (non-hydrogen) atoms. The minimum Gasteiger partial charge on any atom is -0.480 e. The van der Waals surface area contributed by atoms with Crippen molar-refractivity contribution in [3.05, 3.63) is 18.2 Å². The van der Waals surface area contributed by atoms with Crippen LogP contribution >= 0.6 is 0 Å². The molecule has 0 aromatic carbocycles. The molecule has 1 aromatic rings. The van der Waals surface area contributed by atoms with Crippen LogP contribution in [0.2, 0.25) is 0 Å². The van der Waals surface area contributed by atoms with Crippen LogP contribution in [0.25, 0.3) is 0 Å². The van der Waals surface area contributed by atoms with Gasteiger partial charge in [0, 0.05) is 18.3 Å². The van der Waals surface area contributed by atoms with E-state index in [1.807, 2.05) is 0 Å². The van der Waals surface area contributed by atoms with Crippen molar-refractivity contribution < 1.29 is 48.9 Å². The summed E-state index contributed by atoms with van der Waals surface area (Å²) in [6, 6.07) is -7.79. The Labute approximate surface area is 302 Å². The minimum atomic E-state index is -1.60. The third-order valence-corrected chi connectivity index (χ3v) is 7.65. The lowest BCUT2D eigenvalue weighted by Gasteiger charge is -2.26. The van der Waals surface area contributed by atoms with Crippen LogP contribution < -0.4 is 43.4 Å². The standard InChI is InChI=1S/C32H56N10O10/c1-17(2)9-22(29(48)39-21(7-5-6-8-33)28(47)36-13-26(45)38-23(32(51)52)10-18(3)4)40-30(49)25(15-44)42-31(50)24(14-43)41-27(46)20(34)11-19-12-35-16-37-19/h12,16-18,20-25,43-44H,5-11,13-15,33-34H2,1-4H3,(H,35,37)(H,36,47)(H,38,45)(H,39,48)(H,40,49)(H,41,46)(H,42,50)(H,51,52)/t20-,21-,22-,23-,24-,25-/m0/s1. The summed E-state index contributed by atoms with van der Waals surface area (Å²) < 4.78 is 0. The zero-order valence-corrected chi connectivity index (χ0v) is 30.1. The quantitative estimate of drug-likeness (QED) is 0.0427. The third kappa shape index (κ3) is 17.0. The number of unbranched alkanes of at least 4 members (excludes halogenated alkanes) is 1. The highest BCUT2D eigenvalue weighted by molar-refractivity contribution is 5.96. The summed E-state index contributed by atoms with van der Waals surface area (Å²) in [5.41, 5.74) is 12.0. The molecule has 0 spiro atoms. The number of carbonyl (C=O) groups excluding carboxylic acids is 6. The van der Waals surface area contributed by atoms with Gasteiger partial charge >= 0.3 is 5.97 Å². The SMILES string of the molecule is CC(C)C[C@H](NC(=O)CNC(=O)[C@H](CCCCN)NC(=O)[C@H](CC(C)C)NC(=O)[C@H](CO)NC(=O)[C@H](CO)NC(=O)[C@@H](N)Cc1cnc[nH]1)C(=O)O. The second-order valence-corrected chi connectivity index (χ2v) is 13.2. The molecule has 0 radical (unpaired) electrons. The van der Waals surface area contributed by atoms with Crippen LogP contribution in [0.15, 0.2) is 12.5 Å². The van der Waals surface area contributed by atoms with Gasteiger partial charge in [0.2, 0.25) is 35.4 Å². The van der Waals surface area contributed by atoms with Gasteiger partial charge in [-0.1, -0.05) is 27.7 Å². The number of aromatic amines is 1. The Hall–Kier alpha value is -4.66. The van der Waals surface area contributed by atoms with Crippen LogP contribution in [0.5, 0.6) is 0 Å². The first-order valence-electron chi connectivity index (χ1n) is 17.2. The molecule has 6 atom stereocenters. The summed E-state index contributed by atoms with van der Waals surface area (Å²) >= 11 is 0. The maximum atomic E-state index is 13.5. The van der Waals surface area contributed by atoms with Crippen molar-refractivity contribution in [2.75, 3.05) is 26.3 Å². The molecule has 1 rings (SSSR count). The zero-order chi connectivity index (χ0) is 39.4. The van der Waals surface area contributed by atoms with Crippen LogP contribution in [0, 0.1) is 11.8 Å². The average molecular weight is 741 g/mol. The number of carboxylic acids is 1. The van der Waals surface area contributed by atoms with Gasteiger partial charge in [0.05, 0.1) is 32.1 Å². The van der Waals surface area contributed by atoms with E-state index in [1.165, 1.54) is 12.5 Å². The fourth-order valence-corrected chi connectivity index (χ4v) is 4.90. The number of hydrogen-bond acceptors (Lipinski definition) is 12. The zero-order valence-electron chi connectivity index (χ0n) is 30.1. The fraction of sp³-hybridized carbons (Fsp3) is 0.688. The summed E-state index contributed by atoms with van der Waals surface area (Å²) in [5.74, 6) is -6.38. The number of aliphatic hydroxyl groups is 2. The predicted molar refractivity (Wildman–Crippen MR) is 187 cm³/mol. The van der Waals surface area contributed by atoms with E-state index in [1.54, 1.807) is 27.7 Å². The number of carboxylic acid groups (broad SMARTS) is 1. The summed E-state index contributed by atoms with van der Waals surface area (Å²) in [7, 11) is 0. The number of hydrogen-bond donors (Lipinski definition) is 12. The first-order valence-corrected chi connectivity index (χ1v) is 17.2. The van der Waals surface area contributed by atoms with Gasteiger partial charge in [0.25, 0.3) is 0 Å². The molecule has 0 aliphatic rings. The van der Waals surface area contributed by atoms with Gasteiger partial charge in [-0.15, -0.1) is 0 Å². The third-order valence-electron chi connectivity index (χ3n) is 7.65. The average Bonchev–Trinajstić information content (AvgIpc) is 3.59. The van der Waals surface area contributed by atoms with E-state index in [2.05, 4.69) is 41.9 Å². The maximum Gasteiger partial charge on any atom is 0.326 e. The van der Waals surface area contributed by atoms with Crippen molar-refractivity contribution in [3.63, 3.8) is 0 Å². The van der Waals surface area contributed by atoms with Gasteiger partial charge in [-0.25, -0.2) is 9.78 Å². The number of aliphatic hydroxyl groups excluding tert-OH is 2. The molecule has 0 aliphatic heterocycles. The summed E-state index contributed by atoms with van der Waals surface area (Å²) in [4.78, 5) is 95.8. The number of aliphatic carboxylic acids is 1. The Morgan fingerprint density at radius 1 is 0.731 bits per heavy atom. The highest BCUT2D eigenvalue weighted by Gasteiger charge is 2.32. The molecule has 0 fully saturated rings. The maximum absolute atomic E-state index is 13.5. The molecule has 1 heterocycles. The molecule has 0 saturated carbocycles. The monoisotopic (exact) mass is 740 g/mol. The summed E-state index contributed by atoms with van der Waals surface area (Å²) in [5, 5.41) is 43.4. The van der Waals surface area contributed by atoms with E-state index >= 15 is 0 Å². The summed E-state index contributed by atoms with van der Waals surface area (Å²) in [6.45, 7) is 5.13. The van der Waals surface area contributed by atoms with E-state index in [4.69, 9.17) is 11.5 Å². The predicted octanol–water partition coefficient (Wildman–Crippen LogP) is -3.89. The second-order valence-electron chi connectivity index (χ2n) is 13.2. The largest absolute Gasteiger partial charge is 0.480 e. The molecular weight excluding hydrogens is 684 g/mol. The highest BCUT2D eigenvalue weighted by atomic mass is 16.4. The molecule has 0 bridgehead atoms. The van der Waals surface area contributed by atoms with Crippen molar-refractivity contribution in [2.45, 2.75) is 102 Å². The van der Waals surface area contributed by atoms with E-state index < -0.39 is 97.4 Å². The second kappa shape index (κ2) is 23.7. The van der Waals surface area contributed by atoms with Gasteiger partial charge in [0.1, 0.15) is 30.2 Å². The number of aromatic nitrogens is 2. The first-order chi connectivity index (χ1) is 24.5. The van der Waals surface area contributed by atoms with Crippen LogP contribution in [-0.4, -0.2) is 129 Å². The van der Waals surface area contributed by atoms with Gasteiger partial charge in [-0.05, 0) is 50.5 Å². The van der Waals surface area contributed by atoms with E-state index in [0.29, 0.717) is 25.1 Å². The van der Waals surface area contributed by atoms with Gasteiger partial charge in [0.15, 0.2) is 0 Å².